The Bertz CT molecular complexity index is 667. The highest BCUT2D eigenvalue weighted by Gasteiger charge is 2.46. The van der Waals surface area contributed by atoms with E-state index in [2.05, 4.69) is 0 Å². The summed E-state index contributed by atoms with van der Waals surface area (Å²) in [5.41, 5.74) is 0.325. The minimum absolute atomic E-state index is 0.126. The zero-order valence-corrected chi connectivity index (χ0v) is 12.5. The quantitative estimate of drug-likeness (QED) is 0.631. The smallest absolute Gasteiger partial charge is 0.258 e. The van der Waals surface area contributed by atoms with Crippen LogP contribution in [-0.4, -0.2) is 30.7 Å². The molecule has 6 nitrogen and oxygen atoms in total. The average molecular weight is 310 g/mol. The summed E-state index contributed by atoms with van der Waals surface area (Å²) in [5.74, 6) is -0.291. The van der Waals surface area contributed by atoms with Crippen LogP contribution in [-0.2, 0) is 15.8 Å². The topological polar surface area (TPSA) is 80.5 Å². The summed E-state index contributed by atoms with van der Waals surface area (Å²) in [5, 5.41) is 11.0. The second-order valence-electron chi connectivity index (χ2n) is 6.08. The molecule has 0 atom stereocenters. The number of rotatable bonds is 4. The van der Waals surface area contributed by atoms with Gasteiger partial charge in [0.1, 0.15) is 0 Å². The molecule has 0 aromatic heterocycles. The molecule has 0 amide bonds. The fourth-order valence-corrected chi connectivity index (χ4v) is 4.97. The fraction of sp³-hybridized carbons (Fsp3) is 0.571. The molecule has 0 N–H and O–H groups in total. The molecule has 21 heavy (non-hydrogen) atoms. The minimum Gasteiger partial charge on any atom is -0.258 e. The predicted molar refractivity (Wildman–Crippen MR) is 78.2 cm³/mol. The van der Waals surface area contributed by atoms with Crippen molar-refractivity contribution in [1.82, 2.24) is 4.31 Å². The van der Waals surface area contributed by atoms with Gasteiger partial charge in [-0.15, -0.1) is 0 Å². The average Bonchev–Trinajstić information content (AvgIpc) is 2.84. The van der Waals surface area contributed by atoms with E-state index in [-0.39, 0.29) is 22.4 Å². The Morgan fingerprint density at radius 2 is 1.95 bits per heavy atom. The van der Waals surface area contributed by atoms with Crippen molar-refractivity contribution in [3.8, 4) is 0 Å². The Morgan fingerprint density at radius 1 is 1.24 bits per heavy atom. The van der Waals surface area contributed by atoms with Crippen molar-refractivity contribution in [2.45, 2.75) is 31.4 Å². The molecule has 1 aromatic carbocycles. The largest absolute Gasteiger partial charge is 0.273 e. The van der Waals surface area contributed by atoms with Crippen molar-refractivity contribution >= 4 is 15.7 Å². The second kappa shape index (κ2) is 5.06. The molecule has 1 aliphatic heterocycles. The first-order valence-electron chi connectivity index (χ1n) is 7.12. The lowest BCUT2D eigenvalue weighted by molar-refractivity contribution is -0.385. The molecule has 1 saturated heterocycles. The lowest BCUT2D eigenvalue weighted by Crippen LogP contribution is -2.36. The first kappa shape index (κ1) is 14.5. The molecule has 0 radical (unpaired) electrons. The number of para-hydroxylation sites is 1. The van der Waals surface area contributed by atoms with Gasteiger partial charge >= 0.3 is 0 Å². The van der Waals surface area contributed by atoms with E-state index in [4.69, 9.17) is 0 Å². The van der Waals surface area contributed by atoms with Crippen molar-refractivity contribution in [3.63, 3.8) is 0 Å². The SMILES string of the molecule is O=[N+]([O-])c1ccccc1CS(=O)(=O)N1CCC2(CCC2)C1. The Hall–Kier alpha value is -1.47. The van der Waals surface area contributed by atoms with E-state index in [1.807, 2.05) is 0 Å². The van der Waals surface area contributed by atoms with Crippen LogP contribution in [0.3, 0.4) is 0 Å². The van der Waals surface area contributed by atoms with Gasteiger partial charge in [0.05, 0.1) is 10.7 Å². The Morgan fingerprint density at radius 3 is 2.52 bits per heavy atom. The maximum absolute atomic E-state index is 12.5. The summed E-state index contributed by atoms with van der Waals surface area (Å²) in [7, 11) is -3.49. The highest BCUT2D eigenvalue weighted by atomic mass is 32.2. The number of nitro groups is 1. The number of hydrogen-bond acceptors (Lipinski definition) is 4. The molecule has 1 aromatic rings. The maximum Gasteiger partial charge on any atom is 0.273 e. The van der Waals surface area contributed by atoms with Gasteiger partial charge in [-0.25, -0.2) is 12.7 Å². The Labute approximate surface area is 124 Å². The number of hydrogen-bond donors (Lipinski definition) is 0. The number of sulfonamides is 1. The summed E-state index contributed by atoms with van der Waals surface area (Å²) >= 11 is 0. The van der Waals surface area contributed by atoms with E-state index < -0.39 is 14.9 Å². The van der Waals surface area contributed by atoms with Crippen molar-refractivity contribution in [2.75, 3.05) is 13.1 Å². The van der Waals surface area contributed by atoms with Crippen LogP contribution in [0.5, 0.6) is 0 Å². The van der Waals surface area contributed by atoms with Crippen LogP contribution in [0.25, 0.3) is 0 Å². The molecule has 1 aliphatic carbocycles. The van der Waals surface area contributed by atoms with Crippen molar-refractivity contribution in [2.24, 2.45) is 5.41 Å². The van der Waals surface area contributed by atoms with Gasteiger partial charge in [0.25, 0.3) is 5.69 Å². The van der Waals surface area contributed by atoms with E-state index in [9.17, 15) is 18.5 Å². The van der Waals surface area contributed by atoms with Gasteiger partial charge in [-0.05, 0) is 24.7 Å². The highest BCUT2D eigenvalue weighted by Crippen LogP contribution is 2.48. The summed E-state index contributed by atoms with van der Waals surface area (Å²) in [6, 6.07) is 6.05. The van der Waals surface area contributed by atoms with Gasteiger partial charge in [0.2, 0.25) is 10.0 Å². The summed E-state index contributed by atoms with van der Waals surface area (Å²) in [6.45, 7) is 1.12. The highest BCUT2D eigenvalue weighted by molar-refractivity contribution is 7.88. The zero-order chi connectivity index (χ0) is 15.1. The molecule has 114 valence electrons. The van der Waals surface area contributed by atoms with Gasteiger partial charge in [0.15, 0.2) is 0 Å². The first-order chi connectivity index (χ1) is 9.92. The van der Waals surface area contributed by atoms with Gasteiger partial charge < -0.3 is 0 Å². The van der Waals surface area contributed by atoms with Gasteiger partial charge in [-0.2, -0.15) is 0 Å². The third-order valence-corrected chi connectivity index (χ3v) is 6.51. The van der Waals surface area contributed by atoms with E-state index in [0.29, 0.717) is 13.1 Å². The molecule has 3 rings (SSSR count). The summed E-state index contributed by atoms with van der Waals surface area (Å²) in [4.78, 5) is 10.5. The predicted octanol–water partition coefficient (Wildman–Crippen LogP) is 2.30. The van der Waals surface area contributed by atoms with Crippen LogP contribution < -0.4 is 0 Å². The van der Waals surface area contributed by atoms with Crippen molar-refractivity contribution in [1.29, 1.82) is 0 Å². The van der Waals surface area contributed by atoms with Gasteiger partial charge in [0, 0.05) is 24.7 Å². The lowest BCUT2D eigenvalue weighted by atomic mass is 9.68. The van der Waals surface area contributed by atoms with Crippen LogP contribution in [0.2, 0.25) is 0 Å². The van der Waals surface area contributed by atoms with E-state index in [1.54, 1.807) is 12.1 Å². The second-order valence-corrected chi connectivity index (χ2v) is 8.05. The molecule has 2 fully saturated rings. The molecular formula is C14H18N2O4S. The third-order valence-electron chi connectivity index (χ3n) is 4.74. The molecule has 7 heteroatoms. The van der Waals surface area contributed by atoms with Crippen molar-refractivity contribution < 1.29 is 13.3 Å². The standard InChI is InChI=1S/C14H18N2O4S/c17-16(18)13-5-2-1-4-12(13)10-21(19,20)15-9-8-14(11-15)6-3-7-14/h1-2,4-5H,3,6-11H2. The van der Waals surface area contributed by atoms with E-state index in [0.717, 1.165) is 19.3 Å². The van der Waals surface area contributed by atoms with Crippen LogP contribution in [0.4, 0.5) is 5.69 Å². The van der Waals surface area contributed by atoms with Crippen LogP contribution in [0, 0.1) is 15.5 Å². The normalized spacial score (nSPS) is 21.3. The van der Waals surface area contributed by atoms with Crippen LogP contribution in [0.1, 0.15) is 31.2 Å². The summed E-state index contributed by atoms with van der Waals surface area (Å²) < 4.78 is 26.5. The number of nitro benzene ring substituents is 1. The molecule has 1 heterocycles. The molecule has 1 saturated carbocycles. The first-order valence-corrected chi connectivity index (χ1v) is 8.73. The Balaban J connectivity index is 1.79. The monoisotopic (exact) mass is 310 g/mol. The molecule has 0 bridgehead atoms. The number of nitrogens with zero attached hydrogens (tertiary/aromatic N) is 2. The summed E-state index contributed by atoms with van der Waals surface area (Å²) in [6.07, 6.45) is 4.30. The minimum atomic E-state index is -3.49. The molecule has 0 unspecified atom stereocenters. The molecular weight excluding hydrogens is 292 g/mol. The fourth-order valence-electron chi connectivity index (χ4n) is 3.32. The third kappa shape index (κ3) is 2.67. The molecule has 1 spiro atoms. The lowest BCUT2D eigenvalue weighted by Gasteiger charge is -2.38. The van der Waals surface area contributed by atoms with Gasteiger partial charge in [-0.1, -0.05) is 24.6 Å². The van der Waals surface area contributed by atoms with E-state index >= 15 is 0 Å². The maximum atomic E-state index is 12.5. The number of benzene rings is 1. The van der Waals surface area contributed by atoms with E-state index in [1.165, 1.54) is 22.9 Å². The zero-order valence-electron chi connectivity index (χ0n) is 11.7. The molecule has 2 aliphatic rings. The Kier molecular flexibility index (Phi) is 3.49. The van der Waals surface area contributed by atoms with Crippen LogP contribution in [0.15, 0.2) is 24.3 Å². The van der Waals surface area contributed by atoms with Crippen LogP contribution >= 0.6 is 0 Å². The van der Waals surface area contributed by atoms with Gasteiger partial charge in [-0.3, -0.25) is 10.1 Å². The van der Waals surface area contributed by atoms with Crippen molar-refractivity contribution in [3.05, 3.63) is 39.9 Å².